The molecule has 110 valence electrons. The van der Waals surface area contributed by atoms with E-state index >= 15 is 0 Å². The topological polar surface area (TPSA) is 18.5 Å². The number of aryl methyl sites for hydroxylation is 1. The predicted octanol–water partition coefficient (Wildman–Crippen LogP) is 2.26. The van der Waals surface area contributed by atoms with Gasteiger partial charge in [0.1, 0.15) is 0 Å². The number of anilines is 1. The van der Waals surface area contributed by atoms with E-state index in [1.807, 2.05) is 0 Å². The summed E-state index contributed by atoms with van der Waals surface area (Å²) in [5, 5.41) is 3.68. The van der Waals surface area contributed by atoms with Gasteiger partial charge in [0.15, 0.2) is 0 Å². The third-order valence-corrected chi connectivity index (χ3v) is 4.77. The summed E-state index contributed by atoms with van der Waals surface area (Å²) in [4.78, 5) is 5.15. The summed E-state index contributed by atoms with van der Waals surface area (Å²) in [5.41, 5.74) is 3.09. The highest BCUT2D eigenvalue weighted by Gasteiger charge is 2.31. The van der Waals surface area contributed by atoms with Crippen molar-refractivity contribution in [1.82, 2.24) is 10.2 Å². The Labute approximate surface area is 123 Å². The van der Waals surface area contributed by atoms with Gasteiger partial charge in [-0.3, -0.25) is 4.90 Å². The van der Waals surface area contributed by atoms with Crippen LogP contribution in [0.4, 0.5) is 5.69 Å². The maximum Gasteiger partial charge on any atom is 0.0369 e. The second-order valence-corrected chi connectivity index (χ2v) is 6.69. The molecule has 0 aliphatic carbocycles. The van der Waals surface area contributed by atoms with E-state index in [0.29, 0.717) is 5.54 Å². The normalized spacial score (nSPS) is 28.0. The average molecular weight is 273 g/mol. The molecule has 1 aromatic rings. The Hall–Kier alpha value is -1.06. The van der Waals surface area contributed by atoms with Gasteiger partial charge in [-0.25, -0.2) is 0 Å². The largest absolute Gasteiger partial charge is 0.369 e. The monoisotopic (exact) mass is 273 g/mol. The Morgan fingerprint density at radius 1 is 1.20 bits per heavy atom. The Kier molecular flexibility index (Phi) is 3.99. The molecule has 3 heteroatoms. The molecular formula is C17H27N3. The van der Waals surface area contributed by atoms with Crippen LogP contribution in [0.25, 0.3) is 0 Å². The van der Waals surface area contributed by atoms with Crippen LogP contribution in [-0.4, -0.2) is 49.7 Å². The van der Waals surface area contributed by atoms with Gasteiger partial charge in [-0.1, -0.05) is 12.1 Å². The molecule has 0 bridgehead atoms. The van der Waals surface area contributed by atoms with E-state index in [0.717, 1.165) is 13.1 Å². The minimum absolute atomic E-state index is 0.353. The van der Waals surface area contributed by atoms with Gasteiger partial charge < -0.3 is 10.2 Å². The highest BCUT2D eigenvalue weighted by molar-refractivity contribution is 5.48. The summed E-state index contributed by atoms with van der Waals surface area (Å²) in [6.45, 7) is 11.6. The molecule has 2 saturated heterocycles. The van der Waals surface area contributed by atoms with E-state index in [-0.39, 0.29) is 0 Å². The van der Waals surface area contributed by atoms with Crippen molar-refractivity contribution >= 4 is 5.69 Å². The lowest BCUT2D eigenvalue weighted by Gasteiger charge is -2.40. The first kappa shape index (κ1) is 13.9. The van der Waals surface area contributed by atoms with E-state index in [1.54, 1.807) is 0 Å². The van der Waals surface area contributed by atoms with Gasteiger partial charge in [0, 0.05) is 44.0 Å². The third kappa shape index (κ3) is 3.15. The van der Waals surface area contributed by atoms with E-state index in [9.17, 15) is 0 Å². The Balaban J connectivity index is 1.54. The van der Waals surface area contributed by atoms with E-state index in [2.05, 4.69) is 53.2 Å². The number of rotatable bonds is 3. The smallest absolute Gasteiger partial charge is 0.0369 e. The highest BCUT2D eigenvalue weighted by atomic mass is 15.3. The first-order valence-electron chi connectivity index (χ1n) is 7.94. The van der Waals surface area contributed by atoms with Gasteiger partial charge in [-0.2, -0.15) is 0 Å². The number of hydrogen-bond acceptors (Lipinski definition) is 3. The van der Waals surface area contributed by atoms with Crippen LogP contribution in [0.5, 0.6) is 0 Å². The molecule has 1 unspecified atom stereocenters. The summed E-state index contributed by atoms with van der Waals surface area (Å²) in [7, 11) is 0. The lowest BCUT2D eigenvalue weighted by molar-refractivity contribution is 0.194. The number of piperazine rings is 1. The van der Waals surface area contributed by atoms with Crippen LogP contribution in [0, 0.1) is 6.92 Å². The molecule has 0 amide bonds. The molecule has 0 aromatic heterocycles. The van der Waals surface area contributed by atoms with Gasteiger partial charge in [-0.15, -0.1) is 0 Å². The van der Waals surface area contributed by atoms with Crippen molar-refractivity contribution in [2.75, 3.05) is 44.2 Å². The Morgan fingerprint density at radius 2 is 2.00 bits per heavy atom. The maximum absolute atomic E-state index is 3.68. The molecule has 3 rings (SSSR count). The summed E-state index contributed by atoms with van der Waals surface area (Å²) in [6, 6.07) is 8.88. The van der Waals surface area contributed by atoms with Gasteiger partial charge in [-0.05, 0) is 50.9 Å². The summed E-state index contributed by atoms with van der Waals surface area (Å²) in [5.74, 6) is 0. The Morgan fingerprint density at radius 3 is 2.65 bits per heavy atom. The van der Waals surface area contributed by atoms with Crippen molar-refractivity contribution in [3.05, 3.63) is 29.8 Å². The zero-order valence-corrected chi connectivity index (χ0v) is 12.9. The molecule has 1 N–H and O–H groups in total. The molecule has 2 aliphatic heterocycles. The number of benzene rings is 1. The van der Waals surface area contributed by atoms with Crippen molar-refractivity contribution < 1.29 is 0 Å². The van der Waals surface area contributed by atoms with E-state index < -0.39 is 0 Å². The molecule has 3 nitrogen and oxygen atoms in total. The van der Waals surface area contributed by atoms with E-state index in [4.69, 9.17) is 0 Å². The molecule has 1 atom stereocenters. The van der Waals surface area contributed by atoms with Gasteiger partial charge in [0.05, 0.1) is 0 Å². The van der Waals surface area contributed by atoms with Crippen LogP contribution >= 0.6 is 0 Å². The Bertz CT molecular complexity index is 443. The van der Waals surface area contributed by atoms with E-state index in [1.165, 1.54) is 50.3 Å². The SMILES string of the molecule is Cc1cccc(N2CCN(CC3(C)CCCN3)CC2)c1. The first-order chi connectivity index (χ1) is 9.65. The summed E-state index contributed by atoms with van der Waals surface area (Å²) in [6.07, 6.45) is 2.66. The standard InChI is InChI=1S/C17H27N3/c1-15-5-3-6-16(13-15)20-11-9-19(10-12-20)14-17(2)7-4-8-18-17/h3,5-6,13,18H,4,7-12,14H2,1-2H3. The van der Waals surface area contributed by atoms with Crippen molar-refractivity contribution in [3.63, 3.8) is 0 Å². The predicted molar refractivity (Wildman–Crippen MR) is 85.5 cm³/mol. The third-order valence-electron chi connectivity index (χ3n) is 4.77. The van der Waals surface area contributed by atoms with Crippen molar-refractivity contribution in [1.29, 1.82) is 0 Å². The number of nitrogens with zero attached hydrogens (tertiary/aromatic N) is 2. The fourth-order valence-corrected chi connectivity index (χ4v) is 3.57. The second kappa shape index (κ2) is 5.74. The highest BCUT2D eigenvalue weighted by Crippen LogP contribution is 2.22. The first-order valence-corrected chi connectivity index (χ1v) is 7.94. The number of hydrogen-bond donors (Lipinski definition) is 1. The minimum Gasteiger partial charge on any atom is -0.369 e. The van der Waals surface area contributed by atoms with Crippen LogP contribution in [0.3, 0.4) is 0 Å². The molecule has 1 aromatic carbocycles. The fourth-order valence-electron chi connectivity index (χ4n) is 3.57. The van der Waals surface area contributed by atoms with Crippen LogP contribution in [0.2, 0.25) is 0 Å². The molecular weight excluding hydrogens is 246 g/mol. The molecule has 0 saturated carbocycles. The van der Waals surface area contributed by atoms with Crippen LogP contribution < -0.4 is 10.2 Å². The van der Waals surface area contributed by atoms with Crippen LogP contribution in [0.15, 0.2) is 24.3 Å². The molecule has 0 radical (unpaired) electrons. The minimum atomic E-state index is 0.353. The quantitative estimate of drug-likeness (QED) is 0.911. The van der Waals surface area contributed by atoms with Gasteiger partial charge in [0.2, 0.25) is 0 Å². The zero-order valence-electron chi connectivity index (χ0n) is 12.9. The molecule has 2 fully saturated rings. The second-order valence-electron chi connectivity index (χ2n) is 6.69. The lowest BCUT2D eigenvalue weighted by Crippen LogP contribution is -2.54. The average Bonchev–Trinajstić information content (AvgIpc) is 2.86. The van der Waals surface area contributed by atoms with Crippen molar-refractivity contribution in [3.8, 4) is 0 Å². The van der Waals surface area contributed by atoms with Crippen LogP contribution in [0.1, 0.15) is 25.3 Å². The summed E-state index contributed by atoms with van der Waals surface area (Å²) >= 11 is 0. The molecule has 2 aliphatic rings. The molecule has 0 spiro atoms. The van der Waals surface area contributed by atoms with Crippen molar-refractivity contribution in [2.45, 2.75) is 32.2 Å². The fraction of sp³-hybridized carbons (Fsp3) is 0.647. The lowest BCUT2D eigenvalue weighted by atomic mass is 9.99. The maximum atomic E-state index is 3.68. The summed E-state index contributed by atoms with van der Waals surface area (Å²) < 4.78 is 0. The number of nitrogens with one attached hydrogen (secondary N) is 1. The van der Waals surface area contributed by atoms with Gasteiger partial charge >= 0.3 is 0 Å². The molecule has 2 heterocycles. The van der Waals surface area contributed by atoms with Crippen LogP contribution in [-0.2, 0) is 0 Å². The zero-order chi connectivity index (χ0) is 14.0. The molecule has 20 heavy (non-hydrogen) atoms. The van der Waals surface area contributed by atoms with Gasteiger partial charge in [0.25, 0.3) is 0 Å². The van der Waals surface area contributed by atoms with Crippen molar-refractivity contribution in [2.24, 2.45) is 0 Å².